The lowest BCUT2D eigenvalue weighted by molar-refractivity contribution is -0.115. The minimum Gasteiger partial charge on any atom is -0.398 e. The second-order valence-corrected chi connectivity index (χ2v) is 5.21. The predicted molar refractivity (Wildman–Crippen MR) is 90.9 cm³/mol. The van der Waals surface area contributed by atoms with Crippen LogP contribution in [0, 0.1) is 0 Å². The highest BCUT2D eigenvalue weighted by molar-refractivity contribution is 6.37. The van der Waals surface area contributed by atoms with Crippen LogP contribution in [0.25, 0.3) is 0 Å². The van der Waals surface area contributed by atoms with E-state index in [1.807, 2.05) is 0 Å². The molecule has 4 nitrogen and oxygen atoms in total. The quantitative estimate of drug-likeness (QED) is 0.609. The van der Waals surface area contributed by atoms with Gasteiger partial charge in [-0.15, -0.1) is 0 Å². The van der Waals surface area contributed by atoms with Gasteiger partial charge in [-0.05, 0) is 19.1 Å². The standard InChI is InChI=1S/C16H16Cl2N2O2/c1-3-13(19)16(18)12(10(2)17)8-15(22)20-14-7-5-4-6-11(14)9-21/h3-7,9H,2,8,19H2,1H3,(H,20,22)/b13-3+,16-12+. The van der Waals surface area contributed by atoms with E-state index in [9.17, 15) is 9.59 Å². The molecule has 0 atom stereocenters. The summed E-state index contributed by atoms with van der Waals surface area (Å²) in [7, 11) is 0. The number of rotatable bonds is 6. The Balaban J connectivity index is 2.99. The van der Waals surface area contributed by atoms with E-state index in [1.165, 1.54) is 0 Å². The topological polar surface area (TPSA) is 72.2 Å². The SMILES string of the molecule is C=C(Cl)/C(CC(=O)Nc1ccccc1C=O)=C(Cl)\C(N)=C/C. The van der Waals surface area contributed by atoms with Crippen LogP contribution in [0.4, 0.5) is 5.69 Å². The molecule has 1 aromatic carbocycles. The van der Waals surface area contributed by atoms with Crippen molar-refractivity contribution < 1.29 is 9.59 Å². The third kappa shape index (κ3) is 4.76. The molecule has 22 heavy (non-hydrogen) atoms. The van der Waals surface area contributed by atoms with E-state index in [2.05, 4.69) is 11.9 Å². The number of halogens is 2. The van der Waals surface area contributed by atoms with E-state index >= 15 is 0 Å². The van der Waals surface area contributed by atoms with Crippen molar-refractivity contribution in [1.29, 1.82) is 0 Å². The van der Waals surface area contributed by atoms with Gasteiger partial charge in [-0.2, -0.15) is 0 Å². The number of para-hydroxylation sites is 1. The molecule has 0 saturated heterocycles. The van der Waals surface area contributed by atoms with Crippen LogP contribution in [0.1, 0.15) is 23.7 Å². The Bertz CT molecular complexity index is 664. The monoisotopic (exact) mass is 338 g/mol. The zero-order valence-electron chi connectivity index (χ0n) is 12.0. The van der Waals surface area contributed by atoms with Crippen molar-refractivity contribution in [2.45, 2.75) is 13.3 Å². The lowest BCUT2D eigenvalue weighted by Gasteiger charge is -2.11. The van der Waals surface area contributed by atoms with E-state index in [0.717, 1.165) is 0 Å². The summed E-state index contributed by atoms with van der Waals surface area (Å²) in [6.07, 6.45) is 2.16. The Hall–Kier alpha value is -2.04. The van der Waals surface area contributed by atoms with Gasteiger partial charge in [-0.3, -0.25) is 9.59 Å². The van der Waals surface area contributed by atoms with Crippen LogP contribution < -0.4 is 11.1 Å². The Morgan fingerprint density at radius 2 is 2.00 bits per heavy atom. The van der Waals surface area contributed by atoms with Crippen molar-refractivity contribution in [2.75, 3.05) is 5.32 Å². The van der Waals surface area contributed by atoms with Crippen molar-refractivity contribution in [3.05, 3.63) is 63.8 Å². The molecule has 0 aromatic heterocycles. The van der Waals surface area contributed by atoms with Gasteiger partial charge in [0.2, 0.25) is 5.91 Å². The highest BCUT2D eigenvalue weighted by atomic mass is 35.5. The van der Waals surface area contributed by atoms with Gasteiger partial charge >= 0.3 is 0 Å². The Morgan fingerprint density at radius 3 is 2.55 bits per heavy atom. The first-order valence-electron chi connectivity index (χ1n) is 6.40. The second-order valence-electron chi connectivity index (χ2n) is 4.37. The van der Waals surface area contributed by atoms with E-state index in [-0.39, 0.29) is 22.4 Å². The molecular formula is C16H16Cl2N2O2. The van der Waals surface area contributed by atoms with Gasteiger partial charge in [0.05, 0.1) is 17.1 Å². The van der Waals surface area contributed by atoms with E-state index in [4.69, 9.17) is 28.9 Å². The maximum absolute atomic E-state index is 12.1. The zero-order valence-corrected chi connectivity index (χ0v) is 13.5. The number of anilines is 1. The van der Waals surface area contributed by atoms with E-state index in [0.29, 0.717) is 28.8 Å². The van der Waals surface area contributed by atoms with Crippen LogP contribution >= 0.6 is 23.2 Å². The summed E-state index contributed by atoms with van der Waals surface area (Å²) in [5, 5.41) is 2.95. The third-order valence-electron chi connectivity index (χ3n) is 2.86. The Labute approximate surface area is 139 Å². The summed E-state index contributed by atoms with van der Waals surface area (Å²) < 4.78 is 0. The fourth-order valence-electron chi connectivity index (χ4n) is 1.66. The van der Waals surface area contributed by atoms with Gasteiger partial charge in [0.25, 0.3) is 0 Å². The molecule has 0 saturated carbocycles. The van der Waals surface area contributed by atoms with Gasteiger partial charge in [-0.1, -0.05) is 48.0 Å². The number of allylic oxidation sites excluding steroid dienone is 3. The first-order valence-corrected chi connectivity index (χ1v) is 7.16. The largest absolute Gasteiger partial charge is 0.398 e. The molecule has 0 radical (unpaired) electrons. The zero-order chi connectivity index (χ0) is 16.7. The molecule has 116 valence electrons. The first-order chi connectivity index (χ1) is 10.4. The van der Waals surface area contributed by atoms with Crippen LogP contribution in [0.5, 0.6) is 0 Å². The van der Waals surface area contributed by atoms with Crippen LogP contribution in [0.15, 0.2) is 58.3 Å². The van der Waals surface area contributed by atoms with Crippen molar-refractivity contribution >= 4 is 41.1 Å². The molecule has 0 bridgehead atoms. The normalized spacial score (nSPS) is 12.4. The van der Waals surface area contributed by atoms with Gasteiger partial charge in [-0.25, -0.2) is 0 Å². The Kier molecular flexibility index (Phi) is 6.89. The van der Waals surface area contributed by atoms with Gasteiger partial charge < -0.3 is 11.1 Å². The van der Waals surface area contributed by atoms with E-state index < -0.39 is 0 Å². The van der Waals surface area contributed by atoms with Crippen LogP contribution in [0.3, 0.4) is 0 Å². The highest BCUT2D eigenvalue weighted by Gasteiger charge is 2.15. The van der Waals surface area contributed by atoms with Gasteiger partial charge in [0.15, 0.2) is 6.29 Å². The molecule has 0 aliphatic rings. The minimum atomic E-state index is -0.381. The molecule has 1 amide bonds. The van der Waals surface area contributed by atoms with Gasteiger partial charge in [0.1, 0.15) is 0 Å². The maximum atomic E-state index is 12.1. The molecular weight excluding hydrogens is 323 g/mol. The molecule has 1 rings (SSSR count). The molecule has 0 fully saturated rings. The van der Waals surface area contributed by atoms with Crippen LogP contribution in [-0.4, -0.2) is 12.2 Å². The molecule has 0 heterocycles. The summed E-state index contributed by atoms with van der Waals surface area (Å²) in [6, 6.07) is 6.65. The predicted octanol–water partition coefficient (Wildman–Crippen LogP) is 3.94. The van der Waals surface area contributed by atoms with Crippen LogP contribution in [-0.2, 0) is 4.79 Å². The number of aldehydes is 1. The van der Waals surface area contributed by atoms with Gasteiger partial charge in [0, 0.05) is 21.9 Å². The molecule has 6 heteroatoms. The molecule has 0 unspecified atom stereocenters. The summed E-state index contributed by atoms with van der Waals surface area (Å²) in [5.41, 5.74) is 7.15. The van der Waals surface area contributed by atoms with Crippen LogP contribution in [0.2, 0.25) is 0 Å². The number of nitrogens with two attached hydrogens (primary N) is 1. The fourth-order valence-corrected chi connectivity index (χ4v) is 2.16. The molecule has 0 aliphatic heterocycles. The third-order valence-corrected chi connectivity index (χ3v) is 3.53. The van der Waals surface area contributed by atoms with Crippen molar-refractivity contribution in [3.8, 4) is 0 Å². The van der Waals surface area contributed by atoms with E-state index in [1.54, 1.807) is 37.3 Å². The smallest absolute Gasteiger partial charge is 0.228 e. The number of carbonyl (C=O) groups is 2. The number of hydrogen-bond acceptors (Lipinski definition) is 3. The Morgan fingerprint density at radius 1 is 1.36 bits per heavy atom. The number of nitrogens with one attached hydrogen (secondary N) is 1. The summed E-state index contributed by atoms with van der Waals surface area (Å²) in [4.78, 5) is 23.1. The summed E-state index contributed by atoms with van der Waals surface area (Å²) >= 11 is 12.0. The summed E-state index contributed by atoms with van der Waals surface area (Å²) in [6.45, 7) is 5.31. The number of benzene rings is 1. The average Bonchev–Trinajstić information content (AvgIpc) is 2.51. The summed E-state index contributed by atoms with van der Waals surface area (Å²) in [5.74, 6) is -0.381. The molecule has 0 aliphatic carbocycles. The highest BCUT2D eigenvalue weighted by Crippen LogP contribution is 2.27. The first kappa shape index (κ1) is 18.0. The van der Waals surface area contributed by atoms with Crippen molar-refractivity contribution in [1.82, 2.24) is 0 Å². The molecule has 1 aromatic rings. The number of amides is 1. The lowest BCUT2D eigenvalue weighted by Crippen LogP contribution is -2.14. The fraction of sp³-hybridized carbons (Fsp3) is 0.125. The maximum Gasteiger partial charge on any atom is 0.228 e. The number of carbonyl (C=O) groups excluding carboxylic acids is 2. The number of hydrogen-bond donors (Lipinski definition) is 2. The molecule has 0 spiro atoms. The van der Waals surface area contributed by atoms with Crippen molar-refractivity contribution in [3.63, 3.8) is 0 Å². The second kappa shape index (κ2) is 8.41. The molecule has 3 N–H and O–H groups in total. The average molecular weight is 339 g/mol. The lowest BCUT2D eigenvalue weighted by atomic mass is 10.1. The van der Waals surface area contributed by atoms with Crippen molar-refractivity contribution in [2.24, 2.45) is 5.73 Å². The minimum absolute atomic E-state index is 0.108.